The molecule has 6 heteroatoms. The number of halogens is 3. The molecule has 0 aliphatic carbocycles. The van der Waals surface area contributed by atoms with Crippen molar-refractivity contribution in [2.45, 2.75) is 6.36 Å². The molecule has 2 N–H and O–H groups in total. The van der Waals surface area contributed by atoms with E-state index in [0.29, 0.717) is 5.56 Å². The standard InChI is InChI=1S/C8H7F3N2O/c9-8(10,11)14-7-3-1-6(2-4-7)5-13-12/h1-5H,12H2/b13-5-. The zero-order valence-electron chi connectivity index (χ0n) is 6.95. The number of ether oxygens (including phenoxy) is 1. The molecule has 0 bridgehead atoms. The summed E-state index contributed by atoms with van der Waals surface area (Å²) in [4.78, 5) is 0. The van der Waals surface area contributed by atoms with Gasteiger partial charge >= 0.3 is 6.36 Å². The van der Waals surface area contributed by atoms with E-state index in [1.807, 2.05) is 0 Å². The Kier molecular flexibility index (Phi) is 2.95. The van der Waals surface area contributed by atoms with E-state index in [4.69, 9.17) is 5.84 Å². The van der Waals surface area contributed by atoms with Crippen molar-refractivity contribution in [3.05, 3.63) is 29.8 Å². The first-order chi connectivity index (χ1) is 6.51. The summed E-state index contributed by atoms with van der Waals surface area (Å²) in [6.45, 7) is 0. The molecule has 0 fully saturated rings. The zero-order valence-corrected chi connectivity index (χ0v) is 6.95. The van der Waals surface area contributed by atoms with Gasteiger partial charge in [0.05, 0.1) is 6.21 Å². The van der Waals surface area contributed by atoms with Gasteiger partial charge in [-0.3, -0.25) is 0 Å². The fourth-order valence-corrected chi connectivity index (χ4v) is 0.842. The second-order valence-corrected chi connectivity index (χ2v) is 2.40. The number of hydrazone groups is 1. The summed E-state index contributed by atoms with van der Waals surface area (Å²) in [7, 11) is 0. The molecule has 1 rings (SSSR count). The van der Waals surface area contributed by atoms with E-state index in [0.717, 1.165) is 0 Å². The van der Waals surface area contributed by atoms with E-state index in [-0.39, 0.29) is 5.75 Å². The summed E-state index contributed by atoms with van der Waals surface area (Å²) in [6, 6.07) is 5.20. The lowest BCUT2D eigenvalue weighted by Crippen LogP contribution is -2.17. The van der Waals surface area contributed by atoms with Crippen LogP contribution >= 0.6 is 0 Å². The quantitative estimate of drug-likeness (QED) is 0.454. The van der Waals surface area contributed by atoms with Crippen molar-refractivity contribution in [2.24, 2.45) is 10.9 Å². The lowest BCUT2D eigenvalue weighted by Gasteiger charge is -2.08. The first-order valence-corrected chi connectivity index (χ1v) is 3.60. The molecule has 0 aliphatic heterocycles. The Labute approximate surface area is 78.0 Å². The Morgan fingerprint density at radius 2 is 1.79 bits per heavy atom. The fraction of sp³-hybridized carbons (Fsp3) is 0.125. The SMILES string of the molecule is N/N=C\c1ccc(OC(F)(F)F)cc1. The minimum atomic E-state index is -4.66. The van der Waals surface area contributed by atoms with Gasteiger partial charge in [-0.1, -0.05) is 0 Å². The average Bonchev–Trinajstić information content (AvgIpc) is 2.06. The normalized spacial score (nSPS) is 11.9. The van der Waals surface area contributed by atoms with E-state index in [1.165, 1.54) is 30.5 Å². The zero-order chi connectivity index (χ0) is 10.6. The number of nitrogens with two attached hydrogens (primary N) is 1. The van der Waals surface area contributed by atoms with Gasteiger partial charge in [0.25, 0.3) is 0 Å². The van der Waals surface area contributed by atoms with Crippen LogP contribution in [0.1, 0.15) is 5.56 Å². The van der Waals surface area contributed by atoms with Crippen molar-refractivity contribution in [2.75, 3.05) is 0 Å². The lowest BCUT2D eigenvalue weighted by molar-refractivity contribution is -0.274. The maximum atomic E-state index is 11.7. The number of alkyl halides is 3. The number of rotatable bonds is 2. The van der Waals surface area contributed by atoms with Crippen molar-refractivity contribution in [3.63, 3.8) is 0 Å². The number of benzene rings is 1. The van der Waals surface area contributed by atoms with Crippen molar-refractivity contribution >= 4 is 6.21 Å². The highest BCUT2D eigenvalue weighted by Crippen LogP contribution is 2.22. The van der Waals surface area contributed by atoms with Gasteiger partial charge in [-0.2, -0.15) is 5.10 Å². The highest BCUT2D eigenvalue weighted by molar-refractivity contribution is 5.79. The van der Waals surface area contributed by atoms with Gasteiger partial charge in [0.15, 0.2) is 0 Å². The minimum Gasteiger partial charge on any atom is -0.406 e. The van der Waals surface area contributed by atoms with Crippen LogP contribution in [0.3, 0.4) is 0 Å². The second kappa shape index (κ2) is 3.99. The number of hydrogen-bond donors (Lipinski definition) is 1. The van der Waals surface area contributed by atoms with Gasteiger partial charge in [0.1, 0.15) is 5.75 Å². The molecule has 0 aromatic heterocycles. The van der Waals surface area contributed by atoms with Gasteiger partial charge < -0.3 is 10.6 Å². The van der Waals surface area contributed by atoms with E-state index < -0.39 is 6.36 Å². The van der Waals surface area contributed by atoms with Crippen LogP contribution in [0.25, 0.3) is 0 Å². The third kappa shape index (κ3) is 3.34. The Balaban J connectivity index is 2.74. The fourth-order valence-electron chi connectivity index (χ4n) is 0.842. The van der Waals surface area contributed by atoms with Gasteiger partial charge in [-0.15, -0.1) is 13.2 Å². The Bertz CT molecular complexity index is 318. The van der Waals surface area contributed by atoms with Crippen molar-refractivity contribution in [1.29, 1.82) is 0 Å². The van der Waals surface area contributed by atoms with Crippen LogP contribution in [0.4, 0.5) is 13.2 Å². The van der Waals surface area contributed by atoms with Crippen LogP contribution in [0, 0.1) is 0 Å². The van der Waals surface area contributed by atoms with E-state index in [2.05, 4.69) is 9.84 Å². The number of nitrogens with zero attached hydrogens (tertiary/aromatic N) is 1. The van der Waals surface area contributed by atoms with Crippen molar-refractivity contribution < 1.29 is 17.9 Å². The van der Waals surface area contributed by atoms with Crippen LogP contribution in [0.2, 0.25) is 0 Å². The molecule has 0 spiro atoms. The molecular weight excluding hydrogens is 197 g/mol. The first kappa shape index (κ1) is 10.4. The monoisotopic (exact) mass is 204 g/mol. The molecule has 0 radical (unpaired) electrons. The molecule has 0 saturated carbocycles. The largest absolute Gasteiger partial charge is 0.573 e. The summed E-state index contributed by atoms with van der Waals surface area (Å²) in [5.41, 5.74) is 0.599. The summed E-state index contributed by atoms with van der Waals surface area (Å²) in [5.74, 6) is 4.59. The van der Waals surface area contributed by atoms with Crippen LogP contribution in [-0.4, -0.2) is 12.6 Å². The molecule has 1 aromatic carbocycles. The third-order valence-electron chi connectivity index (χ3n) is 1.34. The first-order valence-electron chi connectivity index (χ1n) is 3.60. The van der Waals surface area contributed by atoms with Gasteiger partial charge in [0.2, 0.25) is 0 Å². The van der Waals surface area contributed by atoms with Crippen LogP contribution < -0.4 is 10.6 Å². The average molecular weight is 204 g/mol. The summed E-state index contributed by atoms with van der Waals surface area (Å²) < 4.78 is 38.8. The predicted octanol–water partition coefficient (Wildman–Crippen LogP) is 1.88. The topological polar surface area (TPSA) is 47.6 Å². The Morgan fingerprint density at radius 1 is 1.21 bits per heavy atom. The maximum Gasteiger partial charge on any atom is 0.573 e. The van der Waals surface area contributed by atoms with Crippen LogP contribution in [0.15, 0.2) is 29.4 Å². The van der Waals surface area contributed by atoms with Crippen molar-refractivity contribution in [3.8, 4) is 5.75 Å². The predicted molar refractivity (Wildman–Crippen MR) is 44.9 cm³/mol. The highest BCUT2D eigenvalue weighted by atomic mass is 19.4. The molecule has 0 amide bonds. The summed E-state index contributed by atoms with van der Waals surface area (Å²) >= 11 is 0. The number of hydrogen-bond acceptors (Lipinski definition) is 3. The molecule has 0 aliphatic rings. The van der Waals surface area contributed by atoms with E-state index in [9.17, 15) is 13.2 Å². The van der Waals surface area contributed by atoms with Crippen LogP contribution in [0.5, 0.6) is 5.75 Å². The molecule has 1 aromatic rings. The lowest BCUT2D eigenvalue weighted by atomic mass is 10.2. The molecule has 76 valence electrons. The van der Waals surface area contributed by atoms with Gasteiger partial charge in [-0.05, 0) is 29.8 Å². The molecule has 3 nitrogen and oxygen atoms in total. The van der Waals surface area contributed by atoms with Gasteiger partial charge in [0, 0.05) is 0 Å². The molecule has 0 saturated heterocycles. The summed E-state index contributed by atoms with van der Waals surface area (Å²) in [5, 5.41) is 3.22. The summed E-state index contributed by atoms with van der Waals surface area (Å²) in [6.07, 6.45) is -3.35. The Morgan fingerprint density at radius 3 is 2.21 bits per heavy atom. The highest BCUT2D eigenvalue weighted by Gasteiger charge is 2.30. The van der Waals surface area contributed by atoms with Crippen LogP contribution in [-0.2, 0) is 0 Å². The smallest absolute Gasteiger partial charge is 0.406 e. The van der Waals surface area contributed by atoms with E-state index >= 15 is 0 Å². The molecule has 0 atom stereocenters. The molecular formula is C8H7F3N2O. The van der Waals surface area contributed by atoms with Gasteiger partial charge in [-0.25, -0.2) is 0 Å². The Hall–Kier alpha value is -1.72. The van der Waals surface area contributed by atoms with Crippen molar-refractivity contribution in [1.82, 2.24) is 0 Å². The third-order valence-corrected chi connectivity index (χ3v) is 1.34. The molecule has 0 heterocycles. The molecule has 0 unspecified atom stereocenters. The maximum absolute atomic E-state index is 11.7. The minimum absolute atomic E-state index is 0.272. The molecule has 14 heavy (non-hydrogen) atoms. The van der Waals surface area contributed by atoms with E-state index in [1.54, 1.807) is 0 Å². The second-order valence-electron chi connectivity index (χ2n) is 2.40.